The van der Waals surface area contributed by atoms with E-state index in [2.05, 4.69) is 282 Å². The van der Waals surface area contributed by atoms with Gasteiger partial charge in [0.25, 0.3) is 0 Å². The molecular formula is C72H55N. The molecule has 0 heterocycles. The predicted molar refractivity (Wildman–Crippen MR) is 308 cm³/mol. The van der Waals surface area contributed by atoms with Gasteiger partial charge in [-0.3, -0.25) is 0 Å². The third-order valence-corrected chi connectivity index (χ3v) is 16.7. The van der Waals surface area contributed by atoms with Gasteiger partial charge in [-0.15, -0.1) is 0 Å². The van der Waals surface area contributed by atoms with E-state index in [4.69, 9.17) is 0 Å². The third kappa shape index (κ3) is 6.41. The Balaban J connectivity index is 0.958. The molecule has 0 aliphatic heterocycles. The van der Waals surface area contributed by atoms with Crippen LogP contribution >= 0.6 is 0 Å². The minimum atomic E-state index is -0.419. The van der Waals surface area contributed by atoms with Crippen molar-refractivity contribution in [3.63, 3.8) is 0 Å². The fourth-order valence-electron chi connectivity index (χ4n) is 13.1. The standard InChI is InChI=1S/C72H55N/c1-70(2,3)52-36-30-48(31-37-52)46-26-28-47(29-27-46)49-32-38-53(39-33-49)73(68-43-35-50-16-6-7-17-55(50)69(68)51-34-41-63-60(44-51)58-20-8-12-22-62(58)71(63,4)5)54-40-42-67-61(45-54)59-21-11-15-25-66(59)72(67)64-23-13-9-18-56(64)57-19-10-14-24-65(57)72/h6-45H,1-5H3. The number of hydrogen-bond donors (Lipinski definition) is 0. The topological polar surface area (TPSA) is 3.24 Å². The summed E-state index contributed by atoms with van der Waals surface area (Å²) in [6, 6.07) is 91.7. The van der Waals surface area contributed by atoms with Gasteiger partial charge in [-0.1, -0.05) is 241 Å². The Bertz CT molecular complexity index is 3970. The summed E-state index contributed by atoms with van der Waals surface area (Å²) in [6.45, 7) is 11.5. The smallest absolute Gasteiger partial charge is 0.0725 e. The van der Waals surface area contributed by atoms with Gasteiger partial charge in [-0.2, -0.15) is 0 Å². The van der Waals surface area contributed by atoms with Gasteiger partial charge in [0.15, 0.2) is 0 Å². The third-order valence-electron chi connectivity index (χ3n) is 16.7. The van der Waals surface area contributed by atoms with Gasteiger partial charge in [0.2, 0.25) is 0 Å². The van der Waals surface area contributed by atoms with Crippen LogP contribution in [0.15, 0.2) is 243 Å². The van der Waals surface area contributed by atoms with Gasteiger partial charge in [0, 0.05) is 22.4 Å². The number of fused-ring (bicyclic) bond motifs is 14. The van der Waals surface area contributed by atoms with Crippen molar-refractivity contribution in [2.24, 2.45) is 0 Å². The van der Waals surface area contributed by atoms with Crippen molar-refractivity contribution in [2.75, 3.05) is 4.90 Å². The molecule has 11 aromatic carbocycles. The number of anilines is 3. The van der Waals surface area contributed by atoms with Gasteiger partial charge in [0.1, 0.15) is 0 Å². The Hall–Kier alpha value is -8.52. The van der Waals surface area contributed by atoms with Crippen molar-refractivity contribution in [2.45, 2.75) is 50.9 Å². The van der Waals surface area contributed by atoms with Crippen LogP contribution in [0.25, 0.3) is 77.5 Å². The van der Waals surface area contributed by atoms with Crippen LogP contribution in [0.5, 0.6) is 0 Å². The maximum Gasteiger partial charge on any atom is 0.0725 e. The fourth-order valence-corrected chi connectivity index (χ4v) is 13.1. The molecule has 0 saturated heterocycles. The molecule has 3 aliphatic carbocycles. The number of nitrogens with zero attached hydrogens (tertiary/aromatic N) is 1. The summed E-state index contributed by atoms with van der Waals surface area (Å²) in [7, 11) is 0. The SMILES string of the molecule is CC(C)(C)c1ccc(-c2ccc(-c3ccc(N(c4ccc5c(c4)-c4ccccc4C54c5ccccc5-c5ccccc54)c4ccc5ccccc5c4-c4ccc5c(c4)-c4ccccc4C5(C)C)cc3)cc2)cc1. The Kier molecular flexibility index (Phi) is 9.48. The summed E-state index contributed by atoms with van der Waals surface area (Å²) in [5.41, 5.74) is 27.5. The lowest BCUT2D eigenvalue weighted by Crippen LogP contribution is -2.25. The van der Waals surface area contributed by atoms with E-state index in [-0.39, 0.29) is 10.8 Å². The second kappa shape index (κ2) is 16.0. The molecule has 73 heavy (non-hydrogen) atoms. The number of hydrogen-bond acceptors (Lipinski definition) is 1. The van der Waals surface area contributed by atoms with E-state index in [0.29, 0.717) is 0 Å². The lowest BCUT2D eigenvalue weighted by molar-refractivity contribution is 0.590. The van der Waals surface area contributed by atoms with Crippen LogP contribution in [-0.4, -0.2) is 0 Å². The van der Waals surface area contributed by atoms with E-state index in [1.807, 2.05) is 0 Å². The first-order valence-electron chi connectivity index (χ1n) is 25.9. The van der Waals surface area contributed by atoms with Crippen molar-refractivity contribution in [1.82, 2.24) is 0 Å². The highest BCUT2D eigenvalue weighted by molar-refractivity contribution is 6.07. The molecule has 0 atom stereocenters. The first-order valence-corrected chi connectivity index (χ1v) is 25.9. The minimum Gasteiger partial charge on any atom is -0.310 e. The zero-order chi connectivity index (χ0) is 49.2. The van der Waals surface area contributed by atoms with Crippen molar-refractivity contribution in [1.29, 1.82) is 0 Å². The Morgan fingerprint density at radius 2 is 0.740 bits per heavy atom. The Morgan fingerprint density at radius 3 is 1.33 bits per heavy atom. The molecule has 0 unspecified atom stereocenters. The van der Waals surface area contributed by atoms with Gasteiger partial charge in [0.05, 0.1) is 11.1 Å². The molecule has 1 nitrogen and oxygen atoms in total. The summed E-state index contributed by atoms with van der Waals surface area (Å²) >= 11 is 0. The predicted octanol–water partition coefficient (Wildman–Crippen LogP) is 19.3. The van der Waals surface area contributed by atoms with Crippen LogP contribution in [0, 0.1) is 0 Å². The molecule has 14 rings (SSSR count). The lowest BCUT2D eigenvalue weighted by Gasteiger charge is -2.32. The molecule has 348 valence electrons. The van der Waals surface area contributed by atoms with E-state index < -0.39 is 5.41 Å². The molecule has 1 heteroatoms. The monoisotopic (exact) mass is 933 g/mol. The molecule has 0 radical (unpaired) electrons. The zero-order valence-electron chi connectivity index (χ0n) is 42.0. The summed E-state index contributed by atoms with van der Waals surface area (Å²) in [4.78, 5) is 2.52. The second-order valence-electron chi connectivity index (χ2n) is 22.0. The lowest BCUT2D eigenvalue weighted by atomic mass is 9.70. The molecule has 0 N–H and O–H groups in total. The van der Waals surface area contributed by atoms with Crippen molar-refractivity contribution < 1.29 is 0 Å². The minimum absolute atomic E-state index is 0.0870. The quantitative estimate of drug-likeness (QED) is 0.161. The largest absolute Gasteiger partial charge is 0.310 e. The van der Waals surface area contributed by atoms with E-state index in [9.17, 15) is 0 Å². The maximum atomic E-state index is 2.52. The Labute approximate surface area is 429 Å². The number of benzene rings is 11. The highest BCUT2D eigenvalue weighted by Crippen LogP contribution is 2.63. The van der Waals surface area contributed by atoms with E-state index in [0.717, 1.165) is 17.1 Å². The molecule has 11 aromatic rings. The van der Waals surface area contributed by atoms with Crippen LogP contribution in [0.2, 0.25) is 0 Å². The molecule has 3 aliphatic rings. The average molecular weight is 934 g/mol. The van der Waals surface area contributed by atoms with Crippen LogP contribution in [0.4, 0.5) is 17.1 Å². The maximum absolute atomic E-state index is 2.52. The zero-order valence-corrected chi connectivity index (χ0v) is 42.0. The van der Waals surface area contributed by atoms with Gasteiger partial charge >= 0.3 is 0 Å². The molecular weight excluding hydrogens is 879 g/mol. The Morgan fingerprint density at radius 1 is 0.329 bits per heavy atom. The molecule has 1 spiro atoms. The average Bonchev–Trinajstić information content (AvgIpc) is 3.99. The normalized spacial score (nSPS) is 14.0. The van der Waals surface area contributed by atoms with E-state index in [1.165, 1.54) is 116 Å². The highest BCUT2D eigenvalue weighted by Gasteiger charge is 2.51. The number of rotatable bonds is 6. The summed E-state index contributed by atoms with van der Waals surface area (Å²) in [5.74, 6) is 0. The van der Waals surface area contributed by atoms with E-state index in [1.54, 1.807) is 0 Å². The second-order valence-corrected chi connectivity index (χ2v) is 22.0. The summed E-state index contributed by atoms with van der Waals surface area (Å²) in [6.07, 6.45) is 0. The van der Waals surface area contributed by atoms with Gasteiger partial charge < -0.3 is 4.90 Å². The summed E-state index contributed by atoms with van der Waals surface area (Å²) in [5, 5.41) is 2.44. The first-order chi connectivity index (χ1) is 35.6. The van der Waals surface area contributed by atoms with Crippen LogP contribution < -0.4 is 4.90 Å². The van der Waals surface area contributed by atoms with Crippen molar-refractivity contribution >= 4 is 27.8 Å². The van der Waals surface area contributed by atoms with Crippen molar-refractivity contribution in [3.8, 4) is 66.8 Å². The van der Waals surface area contributed by atoms with Crippen molar-refractivity contribution in [3.05, 3.63) is 282 Å². The molecule has 0 amide bonds. The molecule has 0 aromatic heterocycles. The van der Waals surface area contributed by atoms with E-state index >= 15 is 0 Å². The van der Waals surface area contributed by atoms with Gasteiger partial charge in [-0.05, 0) is 153 Å². The van der Waals surface area contributed by atoms with Crippen LogP contribution in [-0.2, 0) is 16.2 Å². The van der Waals surface area contributed by atoms with Gasteiger partial charge in [-0.25, -0.2) is 0 Å². The summed E-state index contributed by atoms with van der Waals surface area (Å²) < 4.78 is 0. The fraction of sp³-hybridized carbons (Fsp3) is 0.111. The molecule has 0 saturated carbocycles. The highest BCUT2D eigenvalue weighted by atomic mass is 15.1. The van der Waals surface area contributed by atoms with Crippen LogP contribution in [0.1, 0.15) is 73.6 Å². The first kappa shape index (κ1) is 43.3. The molecule has 0 fully saturated rings. The van der Waals surface area contributed by atoms with Crippen LogP contribution in [0.3, 0.4) is 0 Å². The molecule has 0 bridgehead atoms.